The first kappa shape index (κ1) is 12.3. The molecule has 1 unspecified atom stereocenters. The topological polar surface area (TPSA) is 63.7 Å². The standard InChI is InChI=1S/C13H13NO4/c1-3-11(15)18-8(2)14-12(16)9-6-4-5-7-10(9)13(14)17/h4-8H,3H2,1-2H3. The largest absolute Gasteiger partial charge is 0.441 e. The van der Waals surface area contributed by atoms with Gasteiger partial charge in [0.1, 0.15) is 0 Å². The lowest BCUT2D eigenvalue weighted by atomic mass is 10.1. The Kier molecular flexibility index (Phi) is 3.14. The van der Waals surface area contributed by atoms with Crippen molar-refractivity contribution in [1.82, 2.24) is 4.90 Å². The minimum Gasteiger partial charge on any atom is -0.441 e. The van der Waals surface area contributed by atoms with Gasteiger partial charge in [-0.25, -0.2) is 4.90 Å². The number of fused-ring (bicyclic) bond motifs is 1. The van der Waals surface area contributed by atoms with Gasteiger partial charge in [0.2, 0.25) is 0 Å². The molecule has 1 aromatic rings. The van der Waals surface area contributed by atoms with Crippen molar-refractivity contribution >= 4 is 17.8 Å². The Morgan fingerprint density at radius 3 is 2.17 bits per heavy atom. The Morgan fingerprint density at radius 1 is 1.22 bits per heavy atom. The van der Waals surface area contributed by atoms with E-state index in [1.54, 1.807) is 31.2 Å². The number of rotatable bonds is 3. The van der Waals surface area contributed by atoms with Crippen LogP contribution in [0.4, 0.5) is 0 Å². The monoisotopic (exact) mass is 247 g/mol. The van der Waals surface area contributed by atoms with Crippen molar-refractivity contribution in [2.75, 3.05) is 0 Å². The zero-order valence-electron chi connectivity index (χ0n) is 10.2. The van der Waals surface area contributed by atoms with E-state index in [-0.39, 0.29) is 6.42 Å². The summed E-state index contributed by atoms with van der Waals surface area (Å²) in [7, 11) is 0. The van der Waals surface area contributed by atoms with Crippen LogP contribution in [0.15, 0.2) is 24.3 Å². The molecule has 2 amide bonds. The first-order valence-corrected chi connectivity index (χ1v) is 5.72. The number of esters is 1. The summed E-state index contributed by atoms with van der Waals surface area (Å²) in [5.41, 5.74) is 0.698. The van der Waals surface area contributed by atoms with Crippen LogP contribution in [0.2, 0.25) is 0 Å². The summed E-state index contributed by atoms with van der Waals surface area (Å²) in [6.45, 7) is 3.16. The number of benzene rings is 1. The quantitative estimate of drug-likeness (QED) is 0.601. The number of nitrogens with zero attached hydrogens (tertiary/aromatic N) is 1. The summed E-state index contributed by atoms with van der Waals surface area (Å²) in [4.78, 5) is 36.2. The van der Waals surface area contributed by atoms with Crippen molar-refractivity contribution in [3.63, 3.8) is 0 Å². The maximum absolute atomic E-state index is 12.0. The zero-order valence-corrected chi connectivity index (χ0v) is 10.2. The summed E-state index contributed by atoms with van der Waals surface area (Å²) in [5, 5.41) is 0. The summed E-state index contributed by atoms with van der Waals surface area (Å²) < 4.78 is 5.00. The van der Waals surface area contributed by atoms with Crippen LogP contribution < -0.4 is 0 Å². The Bertz CT molecular complexity index is 488. The van der Waals surface area contributed by atoms with E-state index >= 15 is 0 Å². The molecule has 1 aromatic carbocycles. The molecule has 1 atom stereocenters. The van der Waals surface area contributed by atoms with E-state index < -0.39 is 24.0 Å². The molecule has 0 fully saturated rings. The lowest BCUT2D eigenvalue weighted by Crippen LogP contribution is -2.40. The third-order valence-corrected chi connectivity index (χ3v) is 2.78. The minimum atomic E-state index is -0.884. The second-order valence-electron chi connectivity index (χ2n) is 3.97. The number of carbonyl (C=O) groups excluding carboxylic acids is 3. The molecule has 5 heteroatoms. The molecule has 0 bridgehead atoms. The molecule has 0 saturated heterocycles. The van der Waals surface area contributed by atoms with Gasteiger partial charge >= 0.3 is 5.97 Å². The van der Waals surface area contributed by atoms with Crippen molar-refractivity contribution in [2.45, 2.75) is 26.5 Å². The van der Waals surface area contributed by atoms with Gasteiger partial charge in [0.05, 0.1) is 11.1 Å². The van der Waals surface area contributed by atoms with E-state index in [1.165, 1.54) is 6.92 Å². The van der Waals surface area contributed by atoms with E-state index in [9.17, 15) is 14.4 Å². The Morgan fingerprint density at radius 2 is 1.72 bits per heavy atom. The van der Waals surface area contributed by atoms with Gasteiger partial charge in [-0.05, 0) is 19.1 Å². The van der Waals surface area contributed by atoms with Gasteiger partial charge in [0.15, 0.2) is 6.23 Å². The predicted molar refractivity (Wildman–Crippen MR) is 62.8 cm³/mol. The predicted octanol–water partition coefficient (Wildman–Crippen LogP) is 1.58. The average Bonchev–Trinajstić information content (AvgIpc) is 2.62. The van der Waals surface area contributed by atoms with Crippen molar-refractivity contribution < 1.29 is 19.1 Å². The molecule has 0 N–H and O–H groups in total. The van der Waals surface area contributed by atoms with Crippen LogP contribution in [0.25, 0.3) is 0 Å². The van der Waals surface area contributed by atoms with E-state index in [0.29, 0.717) is 11.1 Å². The molecule has 1 heterocycles. The molecule has 0 aliphatic carbocycles. The first-order chi connectivity index (χ1) is 8.56. The van der Waals surface area contributed by atoms with Crippen LogP contribution in [-0.4, -0.2) is 28.9 Å². The smallest absolute Gasteiger partial charge is 0.307 e. The highest BCUT2D eigenvalue weighted by Crippen LogP contribution is 2.24. The van der Waals surface area contributed by atoms with Gasteiger partial charge in [-0.15, -0.1) is 0 Å². The summed E-state index contributed by atoms with van der Waals surface area (Å²) in [6, 6.07) is 6.56. The Balaban J connectivity index is 2.25. The second-order valence-corrected chi connectivity index (χ2v) is 3.97. The maximum atomic E-state index is 12.0. The molecule has 18 heavy (non-hydrogen) atoms. The van der Waals surface area contributed by atoms with Crippen molar-refractivity contribution in [2.24, 2.45) is 0 Å². The van der Waals surface area contributed by atoms with Crippen molar-refractivity contribution in [3.8, 4) is 0 Å². The van der Waals surface area contributed by atoms with E-state index in [4.69, 9.17) is 4.74 Å². The normalized spacial score (nSPS) is 15.6. The highest BCUT2D eigenvalue weighted by atomic mass is 16.6. The van der Waals surface area contributed by atoms with Gasteiger partial charge in [-0.2, -0.15) is 0 Å². The van der Waals surface area contributed by atoms with Gasteiger partial charge in [-0.3, -0.25) is 14.4 Å². The summed E-state index contributed by atoms with van der Waals surface area (Å²) in [6.07, 6.45) is -0.683. The van der Waals surface area contributed by atoms with Crippen LogP contribution in [0.5, 0.6) is 0 Å². The maximum Gasteiger partial charge on any atom is 0.307 e. The van der Waals surface area contributed by atoms with Crippen LogP contribution >= 0.6 is 0 Å². The fourth-order valence-electron chi connectivity index (χ4n) is 1.86. The molecular weight excluding hydrogens is 234 g/mol. The third kappa shape index (κ3) is 1.88. The molecule has 0 saturated carbocycles. The molecule has 0 spiro atoms. The number of ether oxygens (including phenoxy) is 1. The molecule has 94 valence electrons. The van der Waals surface area contributed by atoms with E-state index in [2.05, 4.69) is 0 Å². The fraction of sp³-hybridized carbons (Fsp3) is 0.308. The lowest BCUT2D eigenvalue weighted by molar-refractivity contribution is -0.152. The van der Waals surface area contributed by atoms with Crippen LogP contribution in [0.3, 0.4) is 0 Å². The van der Waals surface area contributed by atoms with Gasteiger partial charge < -0.3 is 4.74 Å². The molecule has 5 nitrogen and oxygen atoms in total. The number of amides is 2. The molecule has 0 aromatic heterocycles. The van der Waals surface area contributed by atoms with Crippen LogP contribution in [-0.2, 0) is 9.53 Å². The molecular formula is C13H13NO4. The van der Waals surface area contributed by atoms with Crippen molar-refractivity contribution in [3.05, 3.63) is 35.4 Å². The average molecular weight is 247 g/mol. The fourth-order valence-corrected chi connectivity index (χ4v) is 1.86. The molecule has 1 aliphatic heterocycles. The highest BCUT2D eigenvalue weighted by Gasteiger charge is 2.39. The number of carbonyl (C=O) groups is 3. The SMILES string of the molecule is CCC(=O)OC(C)N1C(=O)c2ccccc2C1=O. The minimum absolute atomic E-state index is 0.202. The van der Waals surface area contributed by atoms with Gasteiger partial charge in [-0.1, -0.05) is 19.1 Å². The zero-order chi connectivity index (χ0) is 13.3. The van der Waals surface area contributed by atoms with Gasteiger partial charge in [0, 0.05) is 6.42 Å². The highest BCUT2D eigenvalue weighted by molar-refractivity contribution is 6.21. The van der Waals surface area contributed by atoms with Gasteiger partial charge in [0.25, 0.3) is 11.8 Å². The molecule has 0 radical (unpaired) electrons. The number of imide groups is 1. The summed E-state index contributed by atoms with van der Waals surface area (Å²) >= 11 is 0. The Hall–Kier alpha value is -2.17. The second kappa shape index (κ2) is 4.60. The number of hydrogen-bond donors (Lipinski definition) is 0. The van der Waals surface area contributed by atoms with Crippen LogP contribution in [0.1, 0.15) is 41.0 Å². The van der Waals surface area contributed by atoms with E-state index in [1.807, 2.05) is 0 Å². The number of hydrogen-bond acceptors (Lipinski definition) is 4. The molecule has 1 aliphatic rings. The summed E-state index contributed by atoms with van der Waals surface area (Å²) in [5.74, 6) is -1.29. The van der Waals surface area contributed by atoms with E-state index in [0.717, 1.165) is 4.90 Å². The van der Waals surface area contributed by atoms with Crippen molar-refractivity contribution in [1.29, 1.82) is 0 Å². The lowest BCUT2D eigenvalue weighted by Gasteiger charge is -2.22. The van der Waals surface area contributed by atoms with Crippen LogP contribution in [0, 0.1) is 0 Å². The first-order valence-electron chi connectivity index (χ1n) is 5.72. The Labute approximate surface area is 104 Å². The third-order valence-electron chi connectivity index (χ3n) is 2.78. The molecule has 2 rings (SSSR count).